The van der Waals surface area contributed by atoms with Crippen LogP contribution in [0.5, 0.6) is 0 Å². The van der Waals surface area contributed by atoms with Gasteiger partial charge in [-0.1, -0.05) is 6.92 Å². The number of halogens is 1. The molecule has 1 aliphatic rings. The van der Waals surface area contributed by atoms with Gasteiger partial charge < -0.3 is 4.90 Å². The molecule has 1 saturated heterocycles. The van der Waals surface area contributed by atoms with Gasteiger partial charge in [0.05, 0.1) is 11.9 Å². The lowest BCUT2D eigenvalue weighted by atomic mass is 10.00. The van der Waals surface area contributed by atoms with Crippen molar-refractivity contribution in [1.29, 1.82) is 0 Å². The van der Waals surface area contributed by atoms with E-state index >= 15 is 0 Å². The van der Waals surface area contributed by atoms with E-state index in [1.807, 2.05) is 0 Å². The van der Waals surface area contributed by atoms with E-state index in [9.17, 15) is 4.39 Å². The zero-order chi connectivity index (χ0) is 9.97. The van der Waals surface area contributed by atoms with Gasteiger partial charge in [0.2, 0.25) is 5.95 Å². The van der Waals surface area contributed by atoms with Crippen molar-refractivity contribution in [2.24, 2.45) is 5.92 Å². The molecule has 1 atom stereocenters. The summed E-state index contributed by atoms with van der Waals surface area (Å²) in [7, 11) is 0. The number of hydrogen-bond acceptors (Lipinski definition) is 2. The molecule has 0 aromatic carbocycles. The molecule has 0 aliphatic carbocycles. The van der Waals surface area contributed by atoms with Crippen molar-refractivity contribution in [1.82, 2.24) is 4.98 Å². The minimum absolute atomic E-state index is 0.404. The van der Waals surface area contributed by atoms with Crippen LogP contribution >= 0.6 is 0 Å². The Morgan fingerprint density at radius 2 is 2.36 bits per heavy atom. The van der Waals surface area contributed by atoms with Gasteiger partial charge in [0.25, 0.3) is 0 Å². The molecule has 1 aromatic heterocycles. The Kier molecular flexibility index (Phi) is 2.66. The van der Waals surface area contributed by atoms with Crippen LogP contribution in [0.4, 0.5) is 10.1 Å². The van der Waals surface area contributed by atoms with E-state index < -0.39 is 5.95 Å². The fourth-order valence-corrected chi connectivity index (χ4v) is 1.98. The Morgan fingerprint density at radius 3 is 3.00 bits per heavy atom. The first-order chi connectivity index (χ1) is 6.75. The average molecular weight is 194 g/mol. The van der Waals surface area contributed by atoms with Crippen molar-refractivity contribution in [3.8, 4) is 0 Å². The number of rotatable bonds is 1. The number of piperidine rings is 1. The van der Waals surface area contributed by atoms with Crippen LogP contribution in [-0.4, -0.2) is 18.1 Å². The van der Waals surface area contributed by atoms with Crippen LogP contribution < -0.4 is 4.90 Å². The third-order valence-electron chi connectivity index (χ3n) is 2.73. The van der Waals surface area contributed by atoms with Crippen LogP contribution in [0.2, 0.25) is 0 Å². The molecule has 0 radical (unpaired) electrons. The molecule has 1 aliphatic heterocycles. The fraction of sp³-hybridized carbons (Fsp3) is 0.545. The zero-order valence-electron chi connectivity index (χ0n) is 8.41. The Labute approximate surface area is 83.8 Å². The lowest BCUT2D eigenvalue weighted by Gasteiger charge is -2.32. The number of nitrogens with zero attached hydrogens (tertiary/aromatic N) is 2. The lowest BCUT2D eigenvalue weighted by Crippen LogP contribution is -2.34. The summed E-state index contributed by atoms with van der Waals surface area (Å²) in [6.45, 7) is 4.38. The van der Waals surface area contributed by atoms with Crippen LogP contribution in [0.1, 0.15) is 19.8 Å². The summed E-state index contributed by atoms with van der Waals surface area (Å²) in [5.41, 5.74) is 1.04. The molecule has 1 unspecified atom stereocenters. The quantitative estimate of drug-likeness (QED) is 0.638. The van der Waals surface area contributed by atoms with E-state index in [0.29, 0.717) is 0 Å². The van der Waals surface area contributed by atoms with Gasteiger partial charge in [-0.3, -0.25) is 0 Å². The first-order valence-electron chi connectivity index (χ1n) is 5.12. The predicted molar refractivity (Wildman–Crippen MR) is 54.8 cm³/mol. The summed E-state index contributed by atoms with van der Waals surface area (Å²) in [5.74, 6) is 0.326. The average Bonchev–Trinajstić information content (AvgIpc) is 2.19. The van der Waals surface area contributed by atoms with Crippen LogP contribution in [-0.2, 0) is 0 Å². The van der Waals surface area contributed by atoms with E-state index in [0.717, 1.165) is 24.7 Å². The minimum atomic E-state index is -0.404. The second-order valence-electron chi connectivity index (χ2n) is 4.03. The van der Waals surface area contributed by atoms with Crippen LogP contribution in [0.15, 0.2) is 18.3 Å². The number of pyridine rings is 1. The number of anilines is 1. The molecule has 1 aromatic rings. The highest BCUT2D eigenvalue weighted by molar-refractivity contribution is 5.44. The molecule has 2 nitrogen and oxygen atoms in total. The smallest absolute Gasteiger partial charge is 0.212 e. The van der Waals surface area contributed by atoms with Crippen LogP contribution in [0.25, 0.3) is 0 Å². The highest BCUT2D eigenvalue weighted by Gasteiger charge is 2.16. The van der Waals surface area contributed by atoms with Gasteiger partial charge in [-0.15, -0.1) is 0 Å². The Morgan fingerprint density at radius 1 is 1.50 bits per heavy atom. The van der Waals surface area contributed by atoms with Crippen molar-refractivity contribution in [3.63, 3.8) is 0 Å². The maximum atomic E-state index is 12.6. The van der Waals surface area contributed by atoms with Gasteiger partial charge in [0, 0.05) is 13.1 Å². The highest BCUT2D eigenvalue weighted by atomic mass is 19.1. The molecule has 76 valence electrons. The molecule has 3 heteroatoms. The van der Waals surface area contributed by atoms with Crippen molar-refractivity contribution in [2.75, 3.05) is 18.0 Å². The van der Waals surface area contributed by atoms with Gasteiger partial charge in [0.1, 0.15) is 0 Å². The van der Waals surface area contributed by atoms with Crippen LogP contribution in [0, 0.1) is 11.9 Å². The van der Waals surface area contributed by atoms with Crippen LogP contribution in [0.3, 0.4) is 0 Å². The SMILES string of the molecule is CC1CCCN(c2ccc(F)nc2)C1. The summed E-state index contributed by atoms with van der Waals surface area (Å²) in [6, 6.07) is 3.23. The van der Waals surface area contributed by atoms with Gasteiger partial charge >= 0.3 is 0 Å². The standard InChI is InChI=1S/C11H15FN2/c1-9-3-2-6-14(8-9)10-4-5-11(12)13-7-10/h4-5,7,9H,2-3,6,8H2,1H3. The van der Waals surface area contributed by atoms with E-state index in [4.69, 9.17) is 0 Å². The molecule has 2 rings (SSSR count). The molecule has 14 heavy (non-hydrogen) atoms. The summed E-state index contributed by atoms with van der Waals surface area (Å²) in [4.78, 5) is 5.95. The topological polar surface area (TPSA) is 16.1 Å². The molecule has 0 saturated carbocycles. The van der Waals surface area contributed by atoms with Crippen molar-refractivity contribution < 1.29 is 4.39 Å². The first-order valence-corrected chi connectivity index (χ1v) is 5.12. The monoisotopic (exact) mass is 194 g/mol. The summed E-state index contributed by atoms with van der Waals surface area (Å²) >= 11 is 0. The largest absolute Gasteiger partial charge is 0.370 e. The van der Waals surface area contributed by atoms with Gasteiger partial charge in [0.15, 0.2) is 0 Å². The number of hydrogen-bond donors (Lipinski definition) is 0. The maximum absolute atomic E-state index is 12.6. The Bertz CT molecular complexity index is 297. The van der Waals surface area contributed by atoms with Crippen molar-refractivity contribution in [2.45, 2.75) is 19.8 Å². The Hall–Kier alpha value is -1.12. The third kappa shape index (κ3) is 2.03. The van der Waals surface area contributed by atoms with E-state index in [-0.39, 0.29) is 0 Å². The molecule has 0 N–H and O–H groups in total. The summed E-state index contributed by atoms with van der Waals surface area (Å²) in [5, 5.41) is 0. The third-order valence-corrected chi connectivity index (χ3v) is 2.73. The van der Waals surface area contributed by atoms with E-state index in [2.05, 4.69) is 16.8 Å². The van der Waals surface area contributed by atoms with E-state index in [1.165, 1.54) is 18.9 Å². The van der Waals surface area contributed by atoms with Crippen molar-refractivity contribution in [3.05, 3.63) is 24.3 Å². The second-order valence-corrected chi connectivity index (χ2v) is 4.03. The Balaban J connectivity index is 2.10. The minimum Gasteiger partial charge on any atom is -0.370 e. The van der Waals surface area contributed by atoms with Gasteiger partial charge in [-0.05, 0) is 30.9 Å². The molecule has 0 bridgehead atoms. The summed E-state index contributed by atoms with van der Waals surface area (Å²) < 4.78 is 12.6. The molecule has 0 spiro atoms. The molecular weight excluding hydrogens is 179 g/mol. The van der Waals surface area contributed by atoms with Gasteiger partial charge in [-0.2, -0.15) is 4.39 Å². The molecule has 0 amide bonds. The molecule has 2 heterocycles. The molecular formula is C11H15FN2. The van der Waals surface area contributed by atoms with Gasteiger partial charge in [-0.25, -0.2) is 4.98 Å². The van der Waals surface area contributed by atoms with Crippen molar-refractivity contribution >= 4 is 5.69 Å². The maximum Gasteiger partial charge on any atom is 0.212 e. The fourth-order valence-electron chi connectivity index (χ4n) is 1.98. The first kappa shape index (κ1) is 9.44. The highest BCUT2D eigenvalue weighted by Crippen LogP contribution is 2.21. The number of aromatic nitrogens is 1. The normalized spacial score (nSPS) is 22.4. The second kappa shape index (κ2) is 3.95. The summed E-state index contributed by atoms with van der Waals surface area (Å²) in [6.07, 6.45) is 4.14. The molecule has 1 fully saturated rings. The zero-order valence-corrected chi connectivity index (χ0v) is 8.41. The van der Waals surface area contributed by atoms with E-state index in [1.54, 1.807) is 12.3 Å². The predicted octanol–water partition coefficient (Wildman–Crippen LogP) is 2.46. The lowest BCUT2D eigenvalue weighted by molar-refractivity contribution is 0.446.